The van der Waals surface area contributed by atoms with Gasteiger partial charge in [-0.2, -0.15) is 0 Å². The molecular formula is C37H73NO4. The molecule has 0 bridgehead atoms. The Kier molecular flexibility index (Phi) is 30.5. The third-order valence-electron chi connectivity index (χ3n) is 8.47. The summed E-state index contributed by atoms with van der Waals surface area (Å²) < 4.78 is 11.8. The quantitative estimate of drug-likeness (QED) is 0.0572. The topological polar surface area (TPSA) is 55.8 Å². The van der Waals surface area contributed by atoms with Crippen LogP contribution in [-0.2, 0) is 19.1 Å². The summed E-state index contributed by atoms with van der Waals surface area (Å²) >= 11 is 0. The van der Waals surface area contributed by atoms with E-state index in [4.69, 9.17) is 9.47 Å². The Labute approximate surface area is 262 Å². The summed E-state index contributed by atoms with van der Waals surface area (Å²) in [5.41, 5.74) is 0. The van der Waals surface area contributed by atoms with Crippen LogP contribution in [0.15, 0.2) is 0 Å². The summed E-state index contributed by atoms with van der Waals surface area (Å²) in [6, 6.07) is 0. The molecule has 5 nitrogen and oxygen atoms in total. The maximum absolute atomic E-state index is 13.3. The highest BCUT2D eigenvalue weighted by atomic mass is 16.6. The standard InChI is InChI=1S/C37H73NO4/c1-6-9-12-15-18-19-20-23-26-30-35(42-36(39)31-27-32-38(4)5)33-41-37(40)34(28-24-21-16-13-10-7-2)29-25-22-17-14-11-8-3/h34-35H,6-33H2,1-5H3. The predicted molar refractivity (Wildman–Crippen MR) is 180 cm³/mol. The van der Waals surface area contributed by atoms with Crippen LogP contribution in [0, 0.1) is 5.92 Å². The predicted octanol–water partition coefficient (Wildman–Crippen LogP) is 10.8. The molecule has 0 rings (SSSR count). The molecule has 250 valence electrons. The second kappa shape index (κ2) is 31.3. The molecule has 0 radical (unpaired) electrons. The van der Waals surface area contributed by atoms with Crippen LogP contribution >= 0.6 is 0 Å². The van der Waals surface area contributed by atoms with Gasteiger partial charge < -0.3 is 14.4 Å². The molecule has 0 heterocycles. The number of esters is 2. The lowest BCUT2D eigenvalue weighted by atomic mass is 9.94. The van der Waals surface area contributed by atoms with Crippen molar-refractivity contribution in [3.8, 4) is 0 Å². The van der Waals surface area contributed by atoms with Crippen molar-refractivity contribution in [2.75, 3.05) is 27.2 Å². The van der Waals surface area contributed by atoms with Crippen LogP contribution in [0.1, 0.15) is 188 Å². The number of hydrogen-bond donors (Lipinski definition) is 0. The molecule has 0 aliphatic carbocycles. The Bertz CT molecular complexity index is 578. The first-order valence-corrected chi connectivity index (χ1v) is 18.4. The monoisotopic (exact) mass is 596 g/mol. The fraction of sp³-hybridized carbons (Fsp3) is 0.946. The van der Waals surface area contributed by atoms with E-state index in [1.54, 1.807) is 0 Å². The number of rotatable bonds is 32. The molecule has 0 spiro atoms. The molecule has 0 aliphatic rings. The number of ether oxygens (including phenoxy) is 2. The molecule has 1 atom stereocenters. The first-order valence-electron chi connectivity index (χ1n) is 18.4. The minimum atomic E-state index is -0.325. The maximum atomic E-state index is 13.3. The Morgan fingerprint density at radius 1 is 0.548 bits per heavy atom. The smallest absolute Gasteiger partial charge is 0.309 e. The molecular weight excluding hydrogens is 522 g/mol. The largest absolute Gasteiger partial charge is 0.462 e. The molecule has 0 saturated heterocycles. The van der Waals surface area contributed by atoms with Crippen molar-refractivity contribution in [3.63, 3.8) is 0 Å². The molecule has 0 aliphatic heterocycles. The van der Waals surface area contributed by atoms with Gasteiger partial charge in [-0.25, -0.2) is 0 Å². The lowest BCUT2D eigenvalue weighted by Crippen LogP contribution is -2.28. The molecule has 42 heavy (non-hydrogen) atoms. The van der Waals surface area contributed by atoms with Crippen molar-refractivity contribution in [1.82, 2.24) is 4.90 Å². The van der Waals surface area contributed by atoms with Crippen molar-refractivity contribution >= 4 is 11.9 Å². The highest BCUT2D eigenvalue weighted by molar-refractivity contribution is 5.72. The third-order valence-corrected chi connectivity index (χ3v) is 8.47. The average Bonchev–Trinajstić information content (AvgIpc) is 2.96. The molecule has 0 fully saturated rings. The van der Waals surface area contributed by atoms with Gasteiger partial charge in [0.1, 0.15) is 12.7 Å². The van der Waals surface area contributed by atoms with E-state index in [9.17, 15) is 9.59 Å². The van der Waals surface area contributed by atoms with E-state index >= 15 is 0 Å². The van der Waals surface area contributed by atoms with Gasteiger partial charge in [0, 0.05) is 6.42 Å². The minimum Gasteiger partial charge on any atom is -0.462 e. The zero-order valence-corrected chi connectivity index (χ0v) is 29.0. The van der Waals surface area contributed by atoms with Crippen LogP contribution in [0.5, 0.6) is 0 Å². The summed E-state index contributed by atoms with van der Waals surface area (Å²) in [7, 11) is 4.04. The SMILES string of the molecule is CCCCCCCCCCCC(COC(=O)C(CCCCCCCC)CCCCCCCC)OC(=O)CCCN(C)C. The van der Waals surface area contributed by atoms with Gasteiger partial charge in [0.2, 0.25) is 0 Å². The van der Waals surface area contributed by atoms with Gasteiger partial charge >= 0.3 is 11.9 Å². The Morgan fingerprint density at radius 3 is 1.38 bits per heavy atom. The molecule has 1 unspecified atom stereocenters. The fourth-order valence-electron chi connectivity index (χ4n) is 5.66. The lowest BCUT2D eigenvalue weighted by Gasteiger charge is -2.21. The Morgan fingerprint density at radius 2 is 0.952 bits per heavy atom. The molecule has 5 heteroatoms. The van der Waals surface area contributed by atoms with Crippen LogP contribution in [0.4, 0.5) is 0 Å². The van der Waals surface area contributed by atoms with Gasteiger partial charge in [0.05, 0.1) is 5.92 Å². The van der Waals surface area contributed by atoms with Crippen LogP contribution in [-0.4, -0.2) is 50.2 Å². The number of carbonyl (C=O) groups excluding carboxylic acids is 2. The number of carbonyl (C=O) groups is 2. The van der Waals surface area contributed by atoms with Crippen molar-refractivity contribution in [2.45, 2.75) is 194 Å². The Hall–Kier alpha value is -1.10. The molecule has 0 aromatic carbocycles. The maximum Gasteiger partial charge on any atom is 0.309 e. The van der Waals surface area contributed by atoms with E-state index in [-0.39, 0.29) is 30.6 Å². The lowest BCUT2D eigenvalue weighted by molar-refractivity contribution is -0.162. The minimum absolute atomic E-state index is 0.0218. The van der Waals surface area contributed by atoms with Crippen molar-refractivity contribution in [1.29, 1.82) is 0 Å². The van der Waals surface area contributed by atoms with Crippen LogP contribution in [0.2, 0.25) is 0 Å². The zero-order valence-electron chi connectivity index (χ0n) is 29.0. The number of hydrogen-bond acceptors (Lipinski definition) is 5. The summed E-state index contributed by atoms with van der Waals surface area (Å²) in [6.45, 7) is 7.82. The molecule has 0 amide bonds. The second-order valence-corrected chi connectivity index (χ2v) is 13.1. The van der Waals surface area contributed by atoms with E-state index in [2.05, 4.69) is 25.7 Å². The summed E-state index contributed by atoms with van der Waals surface area (Å²) in [5.74, 6) is -0.256. The van der Waals surface area contributed by atoms with E-state index in [1.165, 1.54) is 109 Å². The second-order valence-electron chi connectivity index (χ2n) is 13.1. The molecule has 0 aromatic heterocycles. The van der Waals surface area contributed by atoms with Crippen molar-refractivity contribution in [3.05, 3.63) is 0 Å². The van der Waals surface area contributed by atoms with Gasteiger partial charge in [-0.3, -0.25) is 9.59 Å². The third kappa shape index (κ3) is 27.7. The highest BCUT2D eigenvalue weighted by Gasteiger charge is 2.22. The van der Waals surface area contributed by atoms with Gasteiger partial charge in [-0.15, -0.1) is 0 Å². The van der Waals surface area contributed by atoms with Gasteiger partial charge in [0.25, 0.3) is 0 Å². The summed E-state index contributed by atoms with van der Waals surface area (Å²) in [4.78, 5) is 27.9. The van der Waals surface area contributed by atoms with E-state index in [0.717, 1.165) is 57.9 Å². The van der Waals surface area contributed by atoms with Crippen molar-refractivity contribution in [2.24, 2.45) is 5.92 Å². The summed E-state index contributed by atoms with van der Waals surface area (Å²) in [6.07, 6.45) is 29.7. The number of nitrogens with zero attached hydrogens (tertiary/aromatic N) is 1. The van der Waals surface area contributed by atoms with E-state index in [1.807, 2.05) is 14.1 Å². The van der Waals surface area contributed by atoms with E-state index in [0.29, 0.717) is 6.42 Å². The normalized spacial score (nSPS) is 12.3. The molecule has 0 N–H and O–H groups in total. The number of unbranched alkanes of at least 4 members (excludes halogenated alkanes) is 18. The molecule has 0 aromatic rings. The van der Waals surface area contributed by atoms with E-state index < -0.39 is 0 Å². The van der Waals surface area contributed by atoms with Crippen LogP contribution in [0.25, 0.3) is 0 Å². The molecule has 0 saturated carbocycles. The Balaban J connectivity index is 4.81. The summed E-state index contributed by atoms with van der Waals surface area (Å²) in [5, 5.41) is 0. The fourth-order valence-corrected chi connectivity index (χ4v) is 5.66. The first kappa shape index (κ1) is 40.9. The van der Waals surface area contributed by atoms with Crippen molar-refractivity contribution < 1.29 is 19.1 Å². The average molecular weight is 596 g/mol. The van der Waals surface area contributed by atoms with Gasteiger partial charge in [-0.05, 0) is 52.7 Å². The van der Waals surface area contributed by atoms with Crippen LogP contribution in [0.3, 0.4) is 0 Å². The van der Waals surface area contributed by atoms with Gasteiger partial charge in [-0.1, -0.05) is 149 Å². The highest BCUT2D eigenvalue weighted by Crippen LogP contribution is 2.22. The van der Waals surface area contributed by atoms with Gasteiger partial charge in [0.15, 0.2) is 0 Å². The zero-order chi connectivity index (χ0) is 31.1. The van der Waals surface area contributed by atoms with Crippen LogP contribution < -0.4 is 0 Å². The first-order chi connectivity index (χ1) is 20.4.